The van der Waals surface area contributed by atoms with Crippen molar-refractivity contribution in [2.24, 2.45) is 5.92 Å². The lowest BCUT2D eigenvalue weighted by atomic mass is 10.1. The summed E-state index contributed by atoms with van der Waals surface area (Å²) in [6, 6.07) is 6.57. The van der Waals surface area contributed by atoms with E-state index in [0.29, 0.717) is 12.5 Å². The van der Waals surface area contributed by atoms with Gasteiger partial charge >= 0.3 is 11.9 Å². The van der Waals surface area contributed by atoms with Gasteiger partial charge in [0.05, 0.1) is 23.8 Å². The van der Waals surface area contributed by atoms with Crippen molar-refractivity contribution < 1.29 is 19.1 Å². The third-order valence-electron chi connectivity index (χ3n) is 2.87. The predicted octanol–water partition coefficient (Wildman–Crippen LogP) is 3.84. The zero-order valence-corrected chi connectivity index (χ0v) is 13.2. The molecule has 0 atom stereocenters. The van der Waals surface area contributed by atoms with Crippen LogP contribution in [0.25, 0.3) is 0 Å². The second-order valence-corrected chi connectivity index (χ2v) is 5.67. The Morgan fingerprint density at radius 1 is 1.00 bits per heavy atom. The van der Waals surface area contributed by atoms with Gasteiger partial charge in [0, 0.05) is 0 Å². The predicted molar refractivity (Wildman–Crippen MR) is 81.3 cm³/mol. The first-order valence-electron chi connectivity index (χ1n) is 7.39. The Labute approximate surface area is 126 Å². The van der Waals surface area contributed by atoms with Crippen molar-refractivity contribution in [1.82, 2.24) is 0 Å². The summed E-state index contributed by atoms with van der Waals surface area (Å²) >= 11 is 0. The van der Waals surface area contributed by atoms with Crippen molar-refractivity contribution in [2.75, 3.05) is 6.61 Å². The van der Waals surface area contributed by atoms with Gasteiger partial charge in [0.15, 0.2) is 0 Å². The number of carbonyl (C=O) groups excluding carboxylic acids is 2. The molecule has 4 nitrogen and oxygen atoms in total. The summed E-state index contributed by atoms with van der Waals surface area (Å²) in [5.41, 5.74) is 0.507. The molecule has 0 spiro atoms. The molecule has 0 amide bonds. The summed E-state index contributed by atoms with van der Waals surface area (Å²) in [5, 5.41) is 0. The number of hydrogen-bond acceptors (Lipinski definition) is 4. The maximum Gasteiger partial charge on any atom is 0.339 e. The summed E-state index contributed by atoms with van der Waals surface area (Å²) < 4.78 is 10.4. The van der Waals surface area contributed by atoms with Crippen LogP contribution in [0.3, 0.4) is 0 Å². The van der Waals surface area contributed by atoms with Gasteiger partial charge in [0.25, 0.3) is 0 Å². The van der Waals surface area contributed by atoms with Gasteiger partial charge in [-0.2, -0.15) is 0 Å². The Bertz CT molecular complexity index is 477. The second-order valence-electron chi connectivity index (χ2n) is 5.67. The van der Waals surface area contributed by atoms with E-state index in [1.807, 2.05) is 0 Å². The largest absolute Gasteiger partial charge is 0.462 e. The van der Waals surface area contributed by atoms with E-state index in [4.69, 9.17) is 9.47 Å². The van der Waals surface area contributed by atoms with Gasteiger partial charge in [-0.15, -0.1) is 0 Å². The molecule has 0 aliphatic rings. The van der Waals surface area contributed by atoms with Gasteiger partial charge in [0.2, 0.25) is 0 Å². The minimum absolute atomic E-state index is 0.229. The topological polar surface area (TPSA) is 52.6 Å². The highest BCUT2D eigenvalue weighted by atomic mass is 16.5. The van der Waals surface area contributed by atoms with E-state index in [1.165, 1.54) is 0 Å². The third kappa shape index (κ3) is 5.98. The SMILES string of the molecule is CC(C)CCCOC(=O)c1ccccc1C(=O)OC(C)C. The minimum Gasteiger partial charge on any atom is -0.462 e. The molecule has 116 valence electrons. The lowest BCUT2D eigenvalue weighted by Crippen LogP contribution is -2.17. The molecule has 0 radical (unpaired) electrons. The first-order chi connectivity index (χ1) is 9.91. The van der Waals surface area contributed by atoms with Crippen LogP contribution >= 0.6 is 0 Å². The Morgan fingerprint density at radius 3 is 2.10 bits per heavy atom. The second kappa shape index (κ2) is 8.45. The molecular formula is C17H24O4. The molecule has 1 aromatic carbocycles. The molecule has 0 aliphatic heterocycles. The van der Waals surface area contributed by atoms with Crippen LogP contribution < -0.4 is 0 Å². The monoisotopic (exact) mass is 292 g/mol. The van der Waals surface area contributed by atoms with Crippen molar-refractivity contribution in [3.8, 4) is 0 Å². The molecule has 0 aromatic heterocycles. The summed E-state index contributed by atoms with van der Waals surface area (Å²) in [6.45, 7) is 8.15. The van der Waals surface area contributed by atoms with Crippen LogP contribution in [0, 0.1) is 5.92 Å². The van der Waals surface area contributed by atoms with E-state index in [-0.39, 0.29) is 17.2 Å². The number of benzene rings is 1. The van der Waals surface area contributed by atoms with E-state index in [0.717, 1.165) is 12.8 Å². The highest BCUT2D eigenvalue weighted by Crippen LogP contribution is 2.13. The van der Waals surface area contributed by atoms with Crippen molar-refractivity contribution in [2.45, 2.75) is 46.6 Å². The van der Waals surface area contributed by atoms with Gasteiger partial charge in [-0.3, -0.25) is 0 Å². The van der Waals surface area contributed by atoms with Crippen LogP contribution in [0.4, 0.5) is 0 Å². The number of rotatable bonds is 7. The number of esters is 2. The first-order valence-corrected chi connectivity index (χ1v) is 7.39. The molecule has 1 rings (SSSR count). The van der Waals surface area contributed by atoms with Crippen molar-refractivity contribution in [1.29, 1.82) is 0 Å². The highest BCUT2D eigenvalue weighted by molar-refractivity contribution is 6.03. The summed E-state index contributed by atoms with van der Waals surface area (Å²) in [5.74, 6) is -0.396. The van der Waals surface area contributed by atoms with Gasteiger partial charge in [0.1, 0.15) is 0 Å². The Kier molecular flexibility index (Phi) is 6.92. The van der Waals surface area contributed by atoms with Gasteiger partial charge in [-0.1, -0.05) is 26.0 Å². The average molecular weight is 292 g/mol. The molecule has 0 bridgehead atoms. The van der Waals surface area contributed by atoms with Crippen LogP contribution in [0.5, 0.6) is 0 Å². The van der Waals surface area contributed by atoms with Crippen molar-refractivity contribution in [3.63, 3.8) is 0 Å². The third-order valence-corrected chi connectivity index (χ3v) is 2.87. The Morgan fingerprint density at radius 2 is 1.57 bits per heavy atom. The molecule has 0 aliphatic carbocycles. The minimum atomic E-state index is -0.500. The molecule has 0 saturated heterocycles. The van der Waals surface area contributed by atoms with Crippen LogP contribution in [-0.4, -0.2) is 24.6 Å². The zero-order valence-electron chi connectivity index (χ0n) is 13.2. The summed E-state index contributed by atoms with van der Waals surface area (Å²) in [4.78, 5) is 24.0. The highest BCUT2D eigenvalue weighted by Gasteiger charge is 2.19. The van der Waals surface area contributed by atoms with Crippen LogP contribution in [0.15, 0.2) is 24.3 Å². The number of hydrogen-bond donors (Lipinski definition) is 0. The van der Waals surface area contributed by atoms with E-state index in [9.17, 15) is 9.59 Å². The average Bonchev–Trinajstić information content (AvgIpc) is 2.42. The maximum atomic E-state index is 12.1. The Hall–Kier alpha value is -1.84. The van der Waals surface area contributed by atoms with Crippen LogP contribution in [0.1, 0.15) is 61.3 Å². The fraction of sp³-hybridized carbons (Fsp3) is 0.529. The quantitative estimate of drug-likeness (QED) is 0.566. The van der Waals surface area contributed by atoms with Gasteiger partial charge in [-0.05, 0) is 44.7 Å². The smallest absolute Gasteiger partial charge is 0.339 e. The molecule has 0 saturated carbocycles. The first kappa shape index (κ1) is 17.2. The zero-order chi connectivity index (χ0) is 15.8. The van der Waals surface area contributed by atoms with Gasteiger partial charge in [-0.25, -0.2) is 9.59 Å². The number of carbonyl (C=O) groups is 2. The maximum absolute atomic E-state index is 12.1. The molecule has 0 fully saturated rings. The standard InChI is InChI=1S/C17H24O4/c1-12(2)8-7-11-20-16(18)14-9-5-6-10-15(14)17(19)21-13(3)4/h5-6,9-10,12-13H,7-8,11H2,1-4H3. The molecule has 0 unspecified atom stereocenters. The van der Waals surface area contributed by atoms with Crippen LogP contribution in [-0.2, 0) is 9.47 Å². The molecule has 21 heavy (non-hydrogen) atoms. The fourth-order valence-electron chi connectivity index (χ4n) is 1.85. The van der Waals surface area contributed by atoms with E-state index in [1.54, 1.807) is 38.1 Å². The molecule has 1 aromatic rings. The molecule has 0 heterocycles. The number of ether oxygens (including phenoxy) is 2. The summed E-state index contributed by atoms with van der Waals surface area (Å²) in [6.07, 6.45) is 1.60. The van der Waals surface area contributed by atoms with E-state index < -0.39 is 11.9 Å². The van der Waals surface area contributed by atoms with Crippen molar-refractivity contribution >= 4 is 11.9 Å². The van der Waals surface area contributed by atoms with Crippen molar-refractivity contribution in [3.05, 3.63) is 35.4 Å². The van der Waals surface area contributed by atoms with E-state index in [2.05, 4.69) is 13.8 Å². The molecule has 4 heteroatoms. The van der Waals surface area contributed by atoms with Gasteiger partial charge < -0.3 is 9.47 Å². The summed E-state index contributed by atoms with van der Waals surface area (Å²) in [7, 11) is 0. The Balaban J connectivity index is 2.69. The lowest BCUT2D eigenvalue weighted by molar-refractivity contribution is 0.0360. The molecular weight excluding hydrogens is 268 g/mol. The van der Waals surface area contributed by atoms with E-state index >= 15 is 0 Å². The normalized spacial score (nSPS) is 10.8. The lowest BCUT2D eigenvalue weighted by Gasteiger charge is -2.11. The molecule has 0 N–H and O–H groups in total. The fourth-order valence-corrected chi connectivity index (χ4v) is 1.85. The van der Waals surface area contributed by atoms with Crippen LogP contribution in [0.2, 0.25) is 0 Å².